The van der Waals surface area contributed by atoms with Gasteiger partial charge in [0.1, 0.15) is 5.56 Å². The number of aromatic nitrogens is 2. The second-order valence-corrected chi connectivity index (χ2v) is 2.08. The molecule has 0 unspecified atom stereocenters. The summed E-state index contributed by atoms with van der Waals surface area (Å²) in [7, 11) is 2.61. The highest BCUT2D eigenvalue weighted by atomic mass is 16.5. The Morgan fingerprint density at radius 2 is 2.15 bits per heavy atom. The third-order valence-electron chi connectivity index (χ3n) is 1.40. The maximum Gasteiger partial charge on any atom is 0.246 e. The van der Waals surface area contributed by atoms with Crippen LogP contribution in [0.5, 0.6) is 11.6 Å². The molecule has 0 fully saturated rings. The van der Waals surface area contributed by atoms with E-state index >= 15 is 0 Å². The van der Waals surface area contributed by atoms with Crippen molar-refractivity contribution in [1.29, 1.82) is 0 Å². The number of carbonyl (C=O) groups excluding carboxylic acids is 1. The molecule has 0 saturated carbocycles. The molecule has 1 rings (SSSR count). The van der Waals surface area contributed by atoms with Gasteiger partial charge in [-0.3, -0.25) is 0 Å². The van der Waals surface area contributed by atoms with Crippen LogP contribution >= 0.6 is 0 Å². The van der Waals surface area contributed by atoms with Crippen LogP contribution in [0.3, 0.4) is 0 Å². The molecule has 70 valence electrons. The molecule has 6 heteroatoms. The van der Waals surface area contributed by atoms with Gasteiger partial charge in [-0.1, -0.05) is 0 Å². The van der Waals surface area contributed by atoms with Crippen molar-refractivity contribution in [3.05, 3.63) is 11.8 Å². The van der Waals surface area contributed by atoms with E-state index in [1.54, 1.807) is 0 Å². The first-order valence-corrected chi connectivity index (χ1v) is 3.35. The van der Waals surface area contributed by atoms with Crippen molar-refractivity contribution in [2.45, 2.75) is 0 Å². The van der Waals surface area contributed by atoms with E-state index in [1.807, 2.05) is 0 Å². The van der Waals surface area contributed by atoms with Crippen LogP contribution in [0.15, 0.2) is 6.20 Å². The summed E-state index contributed by atoms with van der Waals surface area (Å²) >= 11 is 0. The summed E-state index contributed by atoms with van der Waals surface area (Å²) in [6.45, 7) is 0. The summed E-state index contributed by atoms with van der Waals surface area (Å²) in [4.78, 5) is 10.6. The van der Waals surface area contributed by atoms with E-state index < -0.39 is 5.97 Å². The molecule has 6 nitrogen and oxygen atoms in total. The lowest BCUT2D eigenvalue weighted by molar-refractivity contribution is -0.255. The van der Waals surface area contributed by atoms with E-state index in [2.05, 4.69) is 14.9 Å². The number of ether oxygens (including phenoxy) is 2. The summed E-state index contributed by atoms with van der Waals surface area (Å²) in [5.74, 6) is -1.48. The Kier molecular flexibility index (Phi) is 2.63. The predicted molar refractivity (Wildman–Crippen MR) is 39.5 cm³/mol. The highest BCUT2D eigenvalue weighted by Gasteiger charge is 2.12. The second kappa shape index (κ2) is 3.70. The van der Waals surface area contributed by atoms with E-state index in [-0.39, 0.29) is 17.2 Å². The maximum absolute atomic E-state index is 10.6. The van der Waals surface area contributed by atoms with Crippen molar-refractivity contribution >= 4 is 5.97 Å². The number of methoxy groups -OCH3 is 2. The number of hydrogen-bond donors (Lipinski definition) is 0. The molecule has 0 aliphatic rings. The number of carbonyl (C=O) groups is 1. The maximum atomic E-state index is 10.6. The molecule has 0 atom stereocenters. The summed E-state index contributed by atoms with van der Waals surface area (Å²) in [5, 5.41) is 17.6. The van der Waals surface area contributed by atoms with Crippen molar-refractivity contribution in [2.75, 3.05) is 14.2 Å². The van der Waals surface area contributed by atoms with Gasteiger partial charge in [0.05, 0.1) is 26.4 Å². The topological polar surface area (TPSA) is 84.4 Å². The number of nitrogens with zero attached hydrogens (tertiary/aromatic N) is 2. The zero-order chi connectivity index (χ0) is 9.84. The Morgan fingerprint density at radius 3 is 2.62 bits per heavy atom. The predicted octanol–water partition coefficient (Wildman–Crippen LogP) is -1.14. The van der Waals surface area contributed by atoms with E-state index in [1.165, 1.54) is 20.4 Å². The minimum absolute atomic E-state index is 0.0619. The van der Waals surface area contributed by atoms with Gasteiger partial charge in [0, 0.05) is 0 Å². The summed E-state index contributed by atoms with van der Waals surface area (Å²) in [6.07, 6.45) is 1.17. The van der Waals surface area contributed by atoms with Gasteiger partial charge in [0.15, 0.2) is 5.75 Å². The van der Waals surface area contributed by atoms with Crippen LogP contribution < -0.4 is 14.6 Å². The zero-order valence-corrected chi connectivity index (χ0v) is 7.10. The van der Waals surface area contributed by atoms with E-state index in [9.17, 15) is 9.90 Å². The summed E-state index contributed by atoms with van der Waals surface area (Å²) < 4.78 is 9.42. The summed E-state index contributed by atoms with van der Waals surface area (Å²) in [5.41, 5.74) is -0.236. The van der Waals surface area contributed by atoms with Crippen LogP contribution in [0.4, 0.5) is 0 Å². The molecule has 0 amide bonds. The monoisotopic (exact) mass is 183 g/mol. The first-order chi connectivity index (χ1) is 6.20. The van der Waals surface area contributed by atoms with E-state index in [0.29, 0.717) is 0 Å². The van der Waals surface area contributed by atoms with Crippen LogP contribution in [-0.2, 0) is 0 Å². The lowest BCUT2D eigenvalue weighted by Gasteiger charge is -2.10. The molecule has 0 bridgehead atoms. The average Bonchev–Trinajstić information content (AvgIpc) is 2.16. The van der Waals surface area contributed by atoms with Gasteiger partial charge in [-0.2, -0.15) is 5.10 Å². The molecular weight excluding hydrogens is 176 g/mol. The second-order valence-electron chi connectivity index (χ2n) is 2.08. The number of carboxylic acids is 1. The Balaban J connectivity index is 3.29. The number of aromatic carboxylic acids is 1. The Labute approximate surface area is 74.1 Å². The molecule has 1 aromatic rings. The van der Waals surface area contributed by atoms with Crippen molar-refractivity contribution in [2.24, 2.45) is 0 Å². The van der Waals surface area contributed by atoms with Crippen LogP contribution in [0.25, 0.3) is 0 Å². The molecule has 1 heterocycles. The molecule has 0 radical (unpaired) electrons. The molecule has 0 N–H and O–H groups in total. The van der Waals surface area contributed by atoms with Crippen LogP contribution in [0, 0.1) is 0 Å². The fraction of sp³-hybridized carbons (Fsp3) is 0.286. The fourth-order valence-electron chi connectivity index (χ4n) is 0.839. The van der Waals surface area contributed by atoms with Gasteiger partial charge >= 0.3 is 0 Å². The lowest BCUT2D eigenvalue weighted by atomic mass is 10.3. The van der Waals surface area contributed by atoms with Crippen LogP contribution in [0.1, 0.15) is 10.4 Å². The smallest absolute Gasteiger partial charge is 0.246 e. The lowest BCUT2D eigenvalue weighted by Crippen LogP contribution is -2.24. The minimum atomic E-state index is -1.41. The fourth-order valence-corrected chi connectivity index (χ4v) is 0.839. The van der Waals surface area contributed by atoms with Gasteiger partial charge in [-0.15, -0.1) is 5.10 Å². The number of carboxylic acid groups (broad SMARTS) is 1. The number of hydrogen-bond acceptors (Lipinski definition) is 6. The normalized spacial score (nSPS) is 9.38. The van der Waals surface area contributed by atoms with Crippen LogP contribution in [-0.4, -0.2) is 30.4 Å². The Bertz CT molecular complexity index is 304. The first-order valence-electron chi connectivity index (χ1n) is 3.35. The molecule has 13 heavy (non-hydrogen) atoms. The highest BCUT2D eigenvalue weighted by Crippen LogP contribution is 2.23. The minimum Gasteiger partial charge on any atom is -0.544 e. The van der Waals surface area contributed by atoms with Gasteiger partial charge in [0.25, 0.3) is 0 Å². The molecule has 0 aliphatic carbocycles. The van der Waals surface area contributed by atoms with Gasteiger partial charge in [0.2, 0.25) is 5.88 Å². The molecule has 0 saturated heterocycles. The van der Waals surface area contributed by atoms with Crippen molar-refractivity contribution in [1.82, 2.24) is 10.2 Å². The molecule has 0 spiro atoms. The summed E-state index contributed by atoms with van der Waals surface area (Å²) in [6, 6.07) is 0. The van der Waals surface area contributed by atoms with Gasteiger partial charge in [-0.25, -0.2) is 0 Å². The quantitative estimate of drug-likeness (QED) is 0.588. The molecular formula is C7H7N2O4-. The Hall–Kier alpha value is -1.85. The average molecular weight is 183 g/mol. The van der Waals surface area contributed by atoms with Crippen molar-refractivity contribution in [3.63, 3.8) is 0 Å². The van der Waals surface area contributed by atoms with Gasteiger partial charge in [-0.05, 0) is 0 Å². The molecule has 0 aromatic carbocycles. The standard InChI is InChI=1S/C7H8N2O4/c1-12-4-3-8-9-6(13-2)5(4)7(10)11/h3H,1-2H3,(H,10,11)/p-1. The molecule has 1 aromatic heterocycles. The van der Waals surface area contributed by atoms with Crippen molar-refractivity contribution in [3.8, 4) is 11.6 Å². The van der Waals surface area contributed by atoms with E-state index in [0.717, 1.165) is 0 Å². The number of rotatable bonds is 3. The Morgan fingerprint density at radius 1 is 1.46 bits per heavy atom. The SMILES string of the molecule is COc1cnnc(OC)c1C(=O)[O-]. The largest absolute Gasteiger partial charge is 0.544 e. The zero-order valence-electron chi connectivity index (χ0n) is 7.10. The highest BCUT2D eigenvalue weighted by molar-refractivity contribution is 5.91. The van der Waals surface area contributed by atoms with E-state index in [4.69, 9.17) is 4.74 Å². The van der Waals surface area contributed by atoms with Gasteiger partial charge < -0.3 is 19.4 Å². The molecule has 0 aliphatic heterocycles. The third kappa shape index (κ3) is 1.66. The van der Waals surface area contributed by atoms with Crippen molar-refractivity contribution < 1.29 is 19.4 Å². The van der Waals surface area contributed by atoms with Crippen LogP contribution in [0.2, 0.25) is 0 Å². The third-order valence-corrected chi connectivity index (χ3v) is 1.40. The first kappa shape index (κ1) is 9.24.